The fourth-order valence-corrected chi connectivity index (χ4v) is 1.63. The van der Waals surface area contributed by atoms with Crippen LogP contribution < -0.4 is 10.6 Å². The largest absolute Gasteiger partial charge is 0.302 e. The number of rotatable bonds is 3. The Morgan fingerprint density at radius 3 is 3.06 bits per heavy atom. The van der Waals surface area contributed by atoms with E-state index in [0.29, 0.717) is 19.4 Å². The van der Waals surface area contributed by atoms with E-state index in [0.717, 1.165) is 5.56 Å². The summed E-state index contributed by atoms with van der Waals surface area (Å²) in [5.74, 6) is -0.426. The highest BCUT2D eigenvalue weighted by atomic mass is 16.2. The molecule has 2 N–H and O–H groups in total. The highest BCUT2D eigenvalue weighted by Gasteiger charge is 2.25. The van der Waals surface area contributed by atoms with Crippen molar-refractivity contribution in [3.05, 3.63) is 30.1 Å². The standard InChI is InChI=1S/C11H13N3O2/c15-10-4-3-9(11(16)14-10)13-7-8-2-1-5-12-6-8/h1-2,5-6,9,13H,3-4,7H2,(H,14,15,16). The van der Waals surface area contributed by atoms with Gasteiger partial charge in [-0.05, 0) is 18.1 Å². The maximum atomic E-state index is 11.4. The van der Waals surface area contributed by atoms with Crippen molar-refractivity contribution in [2.24, 2.45) is 0 Å². The summed E-state index contributed by atoms with van der Waals surface area (Å²) >= 11 is 0. The predicted molar refractivity (Wildman–Crippen MR) is 57.2 cm³/mol. The summed E-state index contributed by atoms with van der Waals surface area (Å²) in [6.45, 7) is 0.583. The molecule has 1 saturated heterocycles. The average Bonchev–Trinajstić information content (AvgIpc) is 2.29. The molecule has 1 aromatic heterocycles. The summed E-state index contributed by atoms with van der Waals surface area (Å²) in [7, 11) is 0. The lowest BCUT2D eigenvalue weighted by molar-refractivity contribution is -0.134. The lowest BCUT2D eigenvalue weighted by atomic mass is 10.1. The van der Waals surface area contributed by atoms with Gasteiger partial charge in [-0.1, -0.05) is 6.07 Å². The zero-order chi connectivity index (χ0) is 11.4. The molecule has 16 heavy (non-hydrogen) atoms. The summed E-state index contributed by atoms with van der Waals surface area (Å²) < 4.78 is 0. The van der Waals surface area contributed by atoms with E-state index in [1.165, 1.54) is 0 Å². The number of nitrogens with one attached hydrogen (secondary N) is 2. The second-order valence-electron chi connectivity index (χ2n) is 3.75. The van der Waals surface area contributed by atoms with Crippen LogP contribution in [0.2, 0.25) is 0 Å². The molecular weight excluding hydrogens is 206 g/mol. The number of amides is 2. The van der Waals surface area contributed by atoms with Gasteiger partial charge in [0.15, 0.2) is 0 Å². The normalized spacial score (nSPS) is 20.6. The van der Waals surface area contributed by atoms with Crippen molar-refractivity contribution in [2.45, 2.75) is 25.4 Å². The first-order chi connectivity index (χ1) is 7.75. The minimum absolute atomic E-state index is 0.190. The zero-order valence-electron chi connectivity index (χ0n) is 8.77. The Kier molecular flexibility index (Phi) is 3.26. The van der Waals surface area contributed by atoms with Crippen LogP contribution in [-0.2, 0) is 16.1 Å². The first kappa shape index (κ1) is 10.8. The van der Waals surface area contributed by atoms with Gasteiger partial charge in [0, 0.05) is 25.4 Å². The fraction of sp³-hybridized carbons (Fsp3) is 0.364. The van der Waals surface area contributed by atoms with Gasteiger partial charge in [0.05, 0.1) is 6.04 Å². The van der Waals surface area contributed by atoms with E-state index in [2.05, 4.69) is 15.6 Å². The quantitative estimate of drug-likeness (QED) is 0.701. The van der Waals surface area contributed by atoms with Crippen molar-refractivity contribution in [1.29, 1.82) is 0 Å². The van der Waals surface area contributed by atoms with Gasteiger partial charge in [0.25, 0.3) is 0 Å². The van der Waals surface area contributed by atoms with Crippen LogP contribution in [0.4, 0.5) is 0 Å². The number of nitrogens with zero attached hydrogens (tertiary/aromatic N) is 1. The number of pyridine rings is 1. The van der Waals surface area contributed by atoms with Crippen LogP contribution in [0, 0.1) is 0 Å². The van der Waals surface area contributed by atoms with E-state index in [9.17, 15) is 9.59 Å². The van der Waals surface area contributed by atoms with Gasteiger partial charge in [0.1, 0.15) is 0 Å². The highest BCUT2D eigenvalue weighted by Crippen LogP contribution is 2.05. The molecule has 1 aliphatic heterocycles. The van der Waals surface area contributed by atoms with Crippen LogP contribution in [0.15, 0.2) is 24.5 Å². The molecule has 0 aromatic carbocycles. The first-order valence-electron chi connectivity index (χ1n) is 5.21. The van der Waals surface area contributed by atoms with Crippen LogP contribution in [-0.4, -0.2) is 22.8 Å². The minimum Gasteiger partial charge on any atom is -0.302 e. The Balaban J connectivity index is 1.87. The summed E-state index contributed by atoms with van der Waals surface area (Å²) in [5, 5.41) is 5.41. The molecule has 1 atom stereocenters. The van der Waals surface area contributed by atoms with E-state index in [1.807, 2.05) is 12.1 Å². The molecule has 5 nitrogen and oxygen atoms in total. The van der Waals surface area contributed by atoms with Crippen LogP contribution >= 0.6 is 0 Å². The van der Waals surface area contributed by atoms with Gasteiger partial charge >= 0.3 is 0 Å². The third kappa shape index (κ3) is 2.64. The molecule has 0 aliphatic carbocycles. The van der Waals surface area contributed by atoms with Crippen molar-refractivity contribution in [2.75, 3.05) is 0 Å². The van der Waals surface area contributed by atoms with Crippen molar-refractivity contribution >= 4 is 11.8 Å². The molecule has 2 amide bonds. The highest BCUT2D eigenvalue weighted by molar-refractivity contribution is 6.00. The fourth-order valence-electron chi connectivity index (χ4n) is 1.63. The number of carbonyl (C=O) groups is 2. The van der Waals surface area contributed by atoms with Crippen molar-refractivity contribution < 1.29 is 9.59 Å². The van der Waals surface area contributed by atoms with E-state index < -0.39 is 0 Å². The van der Waals surface area contributed by atoms with Gasteiger partial charge in [0.2, 0.25) is 11.8 Å². The van der Waals surface area contributed by atoms with E-state index >= 15 is 0 Å². The second-order valence-corrected chi connectivity index (χ2v) is 3.75. The SMILES string of the molecule is O=C1CCC(NCc2cccnc2)C(=O)N1. The third-order valence-corrected chi connectivity index (χ3v) is 2.51. The summed E-state index contributed by atoms with van der Waals surface area (Å²) in [6.07, 6.45) is 4.41. The summed E-state index contributed by atoms with van der Waals surface area (Å²) in [5.41, 5.74) is 1.02. The Bertz CT molecular complexity index is 391. The van der Waals surface area contributed by atoms with Crippen LogP contribution in [0.1, 0.15) is 18.4 Å². The number of hydrogen-bond donors (Lipinski definition) is 2. The summed E-state index contributed by atoms with van der Waals surface area (Å²) in [6, 6.07) is 3.51. The lowest BCUT2D eigenvalue weighted by Crippen LogP contribution is -2.50. The van der Waals surface area contributed by atoms with Gasteiger partial charge in [-0.15, -0.1) is 0 Å². The van der Waals surface area contributed by atoms with E-state index in [4.69, 9.17) is 0 Å². The van der Waals surface area contributed by atoms with Crippen LogP contribution in [0.5, 0.6) is 0 Å². The monoisotopic (exact) mass is 219 g/mol. The van der Waals surface area contributed by atoms with Crippen LogP contribution in [0.25, 0.3) is 0 Å². The third-order valence-electron chi connectivity index (χ3n) is 2.51. The topological polar surface area (TPSA) is 71.1 Å². The molecule has 1 unspecified atom stereocenters. The Labute approximate surface area is 93.3 Å². The lowest BCUT2D eigenvalue weighted by Gasteiger charge is -2.21. The first-order valence-corrected chi connectivity index (χ1v) is 5.21. The van der Waals surface area contributed by atoms with Gasteiger partial charge in [-0.3, -0.25) is 19.9 Å². The smallest absolute Gasteiger partial charge is 0.243 e. The van der Waals surface area contributed by atoms with Gasteiger partial charge in [-0.25, -0.2) is 0 Å². The zero-order valence-corrected chi connectivity index (χ0v) is 8.77. The molecule has 5 heteroatoms. The van der Waals surface area contributed by atoms with Gasteiger partial charge < -0.3 is 5.32 Å². The Morgan fingerprint density at radius 2 is 2.38 bits per heavy atom. The molecule has 0 saturated carbocycles. The molecule has 1 fully saturated rings. The summed E-state index contributed by atoms with van der Waals surface area (Å²) in [4.78, 5) is 26.3. The predicted octanol–water partition coefficient (Wildman–Crippen LogP) is -0.0236. The van der Waals surface area contributed by atoms with E-state index in [-0.39, 0.29) is 17.9 Å². The molecule has 2 rings (SSSR count). The number of aromatic nitrogens is 1. The molecule has 1 aromatic rings. The van der Waals surface area contributed by atoms with E-state index in [1.54, 1.807) is 12.4 Å². The number of piperidine rings is 1. The second kappa shape index (κ2) is 4.85. The maximum Gasteiger partial charge on any atom is 0.243 e. The molecule has 0 spiro atoms. The molecule has 0 radical (unpaired) electrons. The Morgan fingerprint density at radius 1 is 1.50 bits per heavy atom. The number of imide groups is 1. The molecule has 84 valence electrons. The molecule has 2 heterocycles. The molecule has 0 bridgehead atoms. The van der Waals surface area contributed by atoms with Crippen molar-refractivity contribution in [1.82, 2.24) is 15.6 Å². The minimum atomic E-state index is -0.280. The number of carbonyl (C=O) groups excluding carboxylic acids is 2. The number of hydrogen-bond acceptors (Lipinski definition) is 4. The molecule has 1 aliphatic rings. The Hall–Kier alpha value is -1.75. The van der Waals surface area contributed by atoms with Crippen molar-refractivity contribution in [3.8, 4) is 0 Å². The van der Waals surface area contributed by atoms with Gasteiger partial charge in [-0.2, -0.15) is 0 Å². The molecular formula is C11H13N3O2. The van der Waals surface area contributed by atoms with Crippen LogP contribution in [0.3, 0.4) is 0 Å². The average molecular weight is 219 g/mol. The van der Waals surface area contributed by atoms with Crippen molar-refractivity contribution in [3.63, 3.8) is 0 Å². The maximum absolute atomic E-state index is 11.4.